The predicted molar refractivity (Wildman–Crippen MR) is 96.7 cm³/mol. The van der Waals surface area contributed by atoms with E-state index in [2.05, 4.69) is 0 Å². The number of nitriles is 1. The second-order valence-electron chi connectivity index (χ2n) is 5.51. The van der Waals surface area contributed by atoms with Crippen molar-refractivity contribution >= 4 is 27.3 Å². The Morgan fingerprint density at radius 2 is 1.96 bits per heavy atom. The lowest BCUT2D eigenvalue weighted by molar-refractivity contribution is 0.100. The maximum Gasteiger partial charge on any atom is 0.258 e. The molecule has 0 fully saturated rings. The number of nitrogens with two attached hydrogens (primary N) is 1. The number of sulfonamides is 1. The molecule has 0 aliphatic rings. The number of primary amides is 1. The molecule has 0 spiro atoms. The Hall–Kier alpha value is -2.21. The van der Waals surface area contributed by atoms with Crippen molar-refractivity contribution < 1.29 is 13.2 Å². The molecule has 2 rings (SSSR count). The Labute approximate surface area is 151 Å². The summed E-state index contributed by atoms with van der Waals surface area (Å²) in [6, 6.07) is 9.77. The highest BCUT2D eigenvalue weighted by atomic mass is 32.2. The number of carbonyl (C=O) groups is 1. The van der Waals surface area contributed by atoms with Crippen LogP contribution in [0.3, 0.4) is 0 Å². The zero-order valence-corrected chi connectivity index (χ0v) is 15.8. The van der Waals surface area contributed by atoms with Gasteiger partial charge in [0.15, 0.2) is 0 Å². The predicted octanol–water partition coefficient (Wildman–Crippen LogP) is 2.80. The highest BCUT2D eigenvalue weighted by Crippen LogP contribution is 2.32. The standard InChI is InChI=1S/C17H19N3O3S2/c1-4-20(11(2)14-7-5-13(10-18)6-8-14)25(22,23)16-9-15(17(19)21)24-12(16)3/h5-9,11H,4H2,1-3H3,(H2,19,21). The van der Waals surface area contributed by atoms with Crippen LogP contribution in [0.4, 0.5) is 0 Å². The molecule has 0 aliphatic carbocycles. The third-order valence-corrected chi connectivity index (χ3v) is 7.33. The smallest absolute Gasteiger partial charge is 0.258 e. The maximum absolute atomic E-state index is 13.1. The molecule has 1 unspecified atom stereocenters. The normalized spacial score (nSPS) is 12.8. The Kier molecular flexibility index (Phi) is 5.62. The van der Waals surface area contributed by atoms with Gasteiger partial charge in [-0.3, -0.25) is 4.79 Å². The SMILES string of the molecule is CCN(C(C)c1ccc(C#N)cc1)S(=O)(=O)c1cc(C(N)=O)sc1C. The van der Waals surface area contributed by atoms with Gasteiger partial charge in [0.05, 0.1) is 21.4 Å². The molecule has 132 valence electrons. The van der Waals surface area contributed by atoms with Crippen LogP contribution in [0.5, 0.6) is 0 Å². The molecule has 2 aromatic rings. The number of aryl methyl sites for hydroxylation is 1. The fourth-order valence-corrected chi connectivity index (χ4v) is 5.67. The van der Waals surface area contributed by atoms with Gasteiger partial charge in [-0.2, -0.15) is 9.57 Å². The first kappa shape index (κ1) is 19.1. The number of rotatable bonds is 6. The molecule has 1 aromatic carbocycles. The number of amides is 1. The lowest BCUT2D eigenvalue weighted by Gasteiger charge is -2.27. The largest absolute Gasteiger partial charge is 0.365 e. The first-order chi connectivity index (χ1) is 11.7. The van der Waals surface area contributed by atoms with E-state index in [4.69, 9.17) is 11.0 Å². The van der Waals surface area contributed by atoms with E-state index in [9.17, 15) is 13.2 Å². The Morgan fingerprint density at radius 3 is 2.40 bits per heavy atom. The molecule has 1 heterocycles. The highest BCUT2D eigenvalue weighted by molar-refractivity contribution is 7.89. The average molecular weight is 377 g/mol. The molecule has 1 amide bonds. The summed E-state index contributed by atoms with van der Waals surface area (Å²) in [5, 5.41) is 8.89. The van der Waals surface area contributed by atoms with Crippen molar-refractivity contribution in [2.75, 3.05) is 6.54 Å². The summed E-state index contributed by atoms with van der Waals surface area (Å²) in [5.74, 6) is -0.641. The van der Waals surface area contributed by atoms with Crippen LogP contribution >= 0.6 is 11.3 Å². The van der Waals surface area contributed by atoms with Crippen molar-refractivity contribution in [3.05, 3.63) is 51.2 Å². The van der Waals surface area contributed by atoms with E-state index in [0.717, 1.165) is 16.9 Å². The molecule has 0 saturated carbocycles. The van der Waals surface area contributed by atoms with Gasteiger partial charge in [-0.05, 0) is 37.6 Å². The van der Waals surface area contributed by atoms with E-state index in [1.54, 1.807) is 45.0 Å². The molecule has 6 nitrogen and oxygen atoms in total. The Balaban J connectivity index is 2.44. The second kappa shape index (κ2) is 7.35. The summed E-state index contributed by atoms with van der Waals surface area (Å²) < 4.78 is 27.5. The van der Waals surface area contributed by atoms with Crippen LogP contribution in [0, 0.1) is 18.3 Å². The molecule has 1 aromatic heterocycles. The van der Waals surface area contributed by atoms with Gasteiger partial charge in [-0.1, -0.05) is 19.1 Å². The molecule has 2 N–H and O–H groups in total. The van der Waals surface area contributed by atoms with Crippen molar-refractivity contribution in [3.63, 3.8) is 0 Å². The van der Waals surface area contributed by atoms with E-state index in [-0.39, 0.29) is 16.3 Å². The van der Waals surface area contributed by atoms with Crippen molar-refractivity contribution in [1.29, 1.82) is 5.26 Å². The van der Waals surface area contributed by atoms with Crippen LogP contribution in [0.25, 0.3) is 0 Å². The minimum Gasteiger partial charge on any atom is -0.365 e. The fourth-order valence-electron chi connectivity index (χ4n) is 2.62. The third-order valence-electron chi connectivity index (χ3n) is 3.97. The van der Waals surface area contributed by atoms with Gasteiger partial charge in [-0.25, -0.2) is 8.42 Å². The topological polar surface area (TPSA) is 104 Å². The Bertz CT molecular complexity index is 925. The summed E-state index contributed by atoms with van der Waals surface area (Å²) in [5.41, 5.74) is 6.56. The van der Waals surface area contributed by atoms with Crippen molar-refractivity contribution in [2.45, 2.75) is 31.7 Å². The summed E-state index contributed by atoms with van der Waals surface area (Å²) in [6.45, 7) is 5.47. The number of carbonyl (C=O) groups excluding carboxylic acids is 1. The molecule has 25 heavy (non-hydrogen) atoms. The number of hydrogen-bond donors (Lipinski definition) is 1. The Morgan fingerprint density at radius 1 is 1.36 bits per heavy atom. The molecule has 0 bridgehead atoms. The van der Waals surface area contributed by atoms with Crippen LogP contribution in [0.1, 0.15) is 45.6 Å². The molecular formula is C17H19N3O3S2. The minimum atomic E-state index is -3.79. The molecule has 1 atom stereocenters. The van der Waals surface area contributed by atoms with Crippen molar-refractivity contribution in [1.82, 2.24) is 4.31 Å². The van der Waals surface area contributed by atoms with E-state index in [1.807, 2.05) is 6.07 Å². The van der Waals surface area contributed by atoms with E-state index in [0.29, 0.717) is 10.4 Å². The van der Waals surface area contributed by atoms with E-state index < -0.39 is 22.0 Å². The van der Waals surface area contributed by atoms with Crippen LogP contribution in [0.15, 0.2) is 35.2 Å². The molecular weight excluding hydrogens is 358 g/mol. The van der Waals surface area contributed by atoms with Gasteiger partial charge < -0.3 is 5.73 Å². The highest BCUT2D eigenvalue weighted by Gasteiger charge is 2.31. The second-order valence-corrected chi connectivity index (χ2v) is 8.63. The lowest BCUT2D eigenvalue weighted by atomic mass is 10.1. The number of thiophene rings is 1. The first-order valence-electron chi connectivity index (χ1n) is 7.64. The van der Waals surface area contributed by atoms with E-state index >= 15 is 0 Å². The fraction of sp³-hybridized carbons (Fsp3) is 0.294. The first-order valence-corrected chi connectivity index (χ1v) is 9.90. The van der Waals surface area contributed by atoms with Crippen LogP contribution in [-0.2, 0) is 10.0 Å². The molecule has 8 heteroatoms. The van der Waals surface area contributed by atoms with Gasteiger partial charge in [-0.15, -0.1) is 11.3 Å². The van der Waals surface area contributed by atoms with Gasteiger partial charge in [0.25, 0.3) is 5.91 Å². The van der Waals surface area contributed by atoms with Crippen LogP contribution in [0.2, 0.25) is 0 Å². The average Bonchev–Trinajstić information content (AvgIpc) is 2.98. The summed E-state index contributed by atoms with van der Waals surface area (Å²) in [4.78, 5) is 12.2. The summed E-state index contributed by atoms with van der Waals surface area (Å²) >= 11 is 1.07. The molecule has 0 saturated heterocycles. The van der Waals surface area contributed by atoms with Gasteiger partial charge in [0, 0.05) is 17.5 Å². The third kappa shape index (κ3) is 3.74. The zero-order chi connectivity index (χ0) is 18.8. The zero-order valence-electron chi connectivity index (χ0n) is 14.2. The summed E-state index contributed by atoms with van der Waals surface area (Å²) in [7, 11) is -3.79. The number of hydrogen-bond acceptors (Lipinski definition) is 5. The summed E-state index contributed by atoms with van der Waals surface area (Å²) in [6.07, 6.45) is 0. The van der Waals surface area contributed by atoms with Crippen molar-refractivity contribution in [2.24, 2.45) is 5.73 Å². The monoisotopic (exact) mass is 377 g/mol. The van der Waals surface area contributed by atoms with E-state index in [1.165, 1.54) is 10.4 Å². The number of nitrogens with zero attached hydrogens (tertiary/aromatic N) is 2. The molecule has 0 radical (unpaired) electrons. The quantitative estimate of drug-likeness (QED) is 0.835. The van der Waals surface area contributed by atoms with Crippen LogP contribution in [-0.4, -0.2) is 25.2 Å². The van der Waals surface area contributed by atoms with Crippen molar-refractivity contribution in [3.8, 4) is 6.07 Å². The number of benzene rings is 1. The van der Waals surface area contributed by atoms with Gasteiger partial charge in [0.1, 0.15) is 0 Å². The lowest BCUT2D eigenvalue weighted by Crippen LogP contribution is -2.33. The maximum atomic E-state index is 13.1. The molecule has 0 aliphatic heterocycles. The van der Waals surface area contributed by atoms with Gasteiger partial charge in [0.2, 0.25) is 10.0 Å². The van der Waals surface area contributed by atoms with Crippen LogP contribution < -0.4 is 5.73 Å². The van der Waals surface area contributed by atoms with Gasteiger partial charge >= 0.3 is 0 Å². The minimum absolute atomic E-state index is 0.105.